The Morgan fingerprint density at radius 1 is 0.611 bits per heavy atom. The van der Waals surface area contributed by atoms with Gasteiger partial charge in [-0.1, -0.05) is 66.7 Å². The number of hydrogen-bond donors (Lipinski definition) is 1. The van der Waals surface area contributed by atoms with Gasteiger partial charge in [-0.25, -0.2) is 0 Å². The molecule has 0 aromatic heterocycles. The maximum Gasteiger partial charge on any atom is 0.118 e. The quantitative estimate of drug-likeness (QED) is 0.159. The fraction of sp³-hybridized carbons (Fsp3) is 0.152. The average Bonchev–Trinajstić information content (AvgIpc) is 2.88. The highest BCUT2D eigenvalue weighted by molar-refractivity contribution is 6.23. The molecule has 0 radical (unpaired) electrons. The fourth-order valence-corrected chi connectivity index (χ4v) is 5.88. The Morgan fingerprint density at radius 3 is 1.89 bits per heavy atom. The Hall–Kier alpha value is -4.24. The van der Waals surface area contributed by atoms with Gasteiger partial charge in [0.1, 0.15) is 11.4 Å². The molecule has 0 aliphatic heterocycles. The van der Waals surface area contributed by atoms with Gasteiger partial charge in [-0.15, -0.1) is 4.91 Å². The van der Waals surface area contributed by atoms with E-state index >= 15 is 0 Å². The average molecular weight is 470 g/mol. The molecule has 0 aliphatic carbocycles. The highest BCUT2D eigenvalue weighted by Crippen LogP contribution is 2.44. The lowest BCUT2D eigenvalue weighted by atomic mass is 9.77. The molecule has 0 saturated heterocycles. The summed E-state index contributed by atoms with van der Waals surface area (Å²) < 4.78 is 0. The summed E-state index contributed by atoms with van der Waals surface area (Å²) in [6.07, 6.45) is 0. The van der Waals surface area contributed by atoms with E-state index in [1.54, 1.807) is 0 Å². The van der Waals surface area contributed by atoms with E-state index in [1.165, 1.54) is 37.9 Å². The first kappa shape index (κ1) is 22.2. The van der Waals surface area contributed by atoms with E-state index < -0.39 is 0 Å². The third-order valence-electron chi connectivity index (χ3n) is 7.76. The second kappa shape index (κ2) is 8.17. The van der Waals surface area contributed by atoms with Crippen LogP contribution in [-0.4, -0.2) is 5.11 Å². The zero-order chi connectivity index (χ0) is 25.1. The third kappa shape index (κ3) is 3.27. The van der Waals surface area contributed by atoms with Crippen LogP contribution in [0.3, 0.4) is 0 Å². The Bertz CT molecular complexity index is 1800. The molecule has 0 fully saturated rings. The number of rotatable bonds is 4. The summed E-state index contributed by atoms with van der Waals surface area (Å²) in [6.45, 7) is 7.99. The SMILES string of the molecule is Cc1cc(C(c2cc(C)c(N=O)cc2C)c2ccc3ccc4cccc5ccc2c3c45)c(C)cc1O. The van der Waals surface area contributed by atoms with Crippen molar-refractivity contribution in [3.05, 3.63) is 123 Å². The lowest BCUT2D eigenvalue weighted by Crippen LogP contribution is -2.09. The molecule has 1 unspecified atom stereocenters. The van der Waals surface area contributed by atoms with Crippen LogP contribution in [0.5, 0.6) is 5.75 Å². The number of phenols is 1. The van der Waals surface area contributed by atoms with Gasteiger partial charge < -0.3 is 5.11 Å². The van der Waals surface area contributed by atoms with Gasteiger partial charge in [0.25, 0.3) is 0 Å². The molecule has 6 rings (SSSR count). The number of nitroso groups, excluding NO2 is 1. The van der Waals surface area contributed by atoms with Crippen molar-refractivity contribution in [2.75, 3.05) is 0 Å². The third-order valence-corrected chi connectivity index (χ3v) is 7.76. The van der Waals surface area contributed by atoms with Gasteiger partial charge in [0, 0.05) is 5.92 Å². The van der Waals surface area contributed by atoms with Crippen molar-refractivity contribution in [3.63, 3.8) is 0 Å². The molecule has 1 N–H and O–H groups in total. The van der Waals surface area contributed by atoms with E-state index in [0.29, 0.717) is 11.4 Å². The molecule has 0 bridgehead atoms. The highest BCUT2D eigenvalue weighted by atomic mass is 16.3. The molecule has 6 aromatic rings. The number of phenolic OH excluding ortho intramolecular Hbond substituents is 1. The zero-order valence-corrected chi connectivity index (χ0v) is 20.9. The lowest BCUT2D eigenvalue weighted by Gasteiger charge is -2.26. The summed E-state index contributed by atoms with van der Waals surface area (Å²) in [7, 11) is 0. The van der Waals surface area contributed by atoms with E-state index in [4.69, 9.17) is 0 Å². The molecular formula is C33H27NO2. The van der Waals surface area contributed by atoms with Crippen LogP contribution >= 0.6 is 0 Å². The monoisotopic (exact) mass is 469 g/mol. The van der Waals surface area contributed by atoms with Crippen molar-refractivity contribution in [2.24, 2.45) is 5.18 Å². The lowest BCUT2D eigenvalue weighted by molar-refractivity contribution is 0.470. The van der Waals surface area contributed by atoms with Crippen LogP contribution in [0.25, 0.3) is 32.3 Å². The molecular weight excluding hydrogens is 442 g/mol. The number of benzene rings is 6. The second-order valence-corrected chi connectivity index (χ2v) is 10.0. The summed E-state index contributed by atoms with van der Waals surface area (Å²) in [5.74, 6) is 0.229. The van der Waals surface area contributed by atoms with Crippen molar-refractivity contribution in [3.8, 4) is 5.75 Å². The minimum Gasteiger partial charge on any atom is -0.508 e. The first-order valence-corrected chi connectivity index (χ1v) is 12.3. The van der Waals surface area contributed by atoms with E-state index in [-0.39, 0.29) is 5.92 Å². The summed E-state index contributed by atoms with van der Waals surface area (Å²) >= 11 is 0. The number of nitrogens with zero attached hydrogens (tertiary/aromatic N) is 1. The molecule has 0 spiro atoms. The van der Waals surface area contributed by atoms with Crippen LogP contribution in [0.1, 0.15) is 44.9 Å². The molecule has 1 atom stereocenters. The minimum atomic E-state index is -0.0757. The molecule has 176 valence electrons. The van der Waals surface area contributed by atoms with Crippen LogP contribution in [-0.2, 0) is 0 Å². The van der Waals surface area contributed by atoms with Crippen LogP contribution in [0, 0.1) is 32.6 Å². The van der Waals surface area contributed by atoms with Crippen LogP contribution in [0.4, 0.5) is 5.69 Å². The topological polar surface area (TPSA) is 49.7 Å². The molecule has 0 amide bonds. The van der Waals surface area contributed by atoms with Crippen molar-refractivity contribution < 1.29 is 5.11 Å². The number of aromatic hydroxyl groups is 1. The van der Waals surface area contributed by atoms with Crippen LogP contribution in [0.15, 0.2) is 84.0 Å². The summed E-state index contributed by atoms with van der Waals surface area (Å²) in [6, 6.07) is 27.8. The maximum absolute atomic E-state index is 11.4. The van der Waals surface area contributed by atoms with Crippen molar-refractivity contribution in [1.82, 2.24) is 0 Å². The van der Waals surface area contributed by atoms with Crippen LogP contribution < -0.4 is 0 Å². The van der Waals surface area contributed by atoms with Crippen LogP contribution in [0.2, 0.25) is 0 Å². The molecule has 36 heavy (non-hydrogen) atoms. The van der Waals surface area contributed by atoms with E-state index in [0.717, 1.165) is 33.4 Å². The summed E-state index contributed by atoms with van der Waals surface area (Å²) in [5.41, 5.74) is 7.74. The van der Waals surface area contributed by atoms with Gasteiger partial charge >= 0.3 is 0 Å². The normalized spacial score (nSPS) is 12.6. The predicted octanol–water partition coefficient (Wildman–Crippen LogP) is 9.10. The highest BCUT2D eigenvalue weighted by Gasteiger charge is 2.25. The van der Waals surface area contributed by atoms with Crippen molar-refractivity contribution in [1.29, 1.82) is 0 Å². The predicted molar refractivity (Wildman–Crippen MR) is 150 cm³/mol. The first-order valence-electron chi connectivity index (χ1n) is 12.3. The zero-order valence-electron chi connectivity index (χ0n) is 20.9. The number of aryl methyl sites for hydroxylation is 4. The summed E-state index contributed by atoms with van der Waals surface area (Å²) in [4.78, 5) is 11.4. The Balaban J connectivity index is 1.74. The fourth-order valence-electron chi connectivity index (χ4n) is 5.88. The Kier molecular flexibility index (Phi) is 5.04. The number of hydrogen-bond acceptors (Lipinski definition) is 3. The van der Waals surface area contributed by atoms with Crippen molar-refractivity contribution in [2.45, 2.75) is 33.6 Å². The van der Waals surface area contributed by atoms with Gasteiger partial charge in [-0.3, -0.25) is 0 Å². The molecule has 0 heterocycles. The largest absolute Gasteiger partial charge is 0.508 e. The van der Waals surface area contributed by atoms with Gasteiger partial charge in [-0.2, -0.15) is 0 Å². The maximum atomic E-state index is 11.4. The standard InChI is InChI=1S/C33H27NO2/c1-18-16-29(34-36)20(3)14-27(18)33(28-15-21(4)30(35)17-19(28)2)26-13-11-24-9-8-22-6-5-7-23-10-12-25(26)32(24)31(22)23/h5-17,33,35H,1-4H3. The van der Waals surface area contributed by atoms with Gasteiger partial charge in [0.05, 0.1) is 0 Å². The smallest absolute Gasteiger partial charge is 0.118 e. The minimum absolute atomic E-state index is 0.0757. The molecule has 3 heteroatoms. The summed E-state index contributed by atoms with van der Waals surface area (Å²) in [5, 5.41) is 21.2. The second-order valence-electron chi connectivity index (χ2n) is 10.0. The molecule has 0 aliphatic rings. The van der Waals surface area contributed by atoms with Crippen molar-refractivity contribution >= 4 is 38.0 Å². The van der Waals surface area contributed by atoms with E-state index in [2.05, 4.69) is 85.8 Å². The Labute approximate surface area is 210 Å². The van der Waals surface area contributed by atoms with Gasteiger partial charge in [-0.05, 0) is 116 Å². The molecule has 6 aromatic carbocycles. The molecule has 0 saturated carbocycles. The van der Waals surface area contributed by atoms with E-state index in [1.807, 2.05) is 26.0 Å². The van der Waals surface area contributed by atoms with Gasteiger partial charge in [0.2, 0.25) is 0 Å². The molecule has 3 nitrogen and oxygen atoms in total. The first-order chi connectivity index (χ1) is 17.4. The van der Waals surface area contributed by atoms with E-state index in [9.17, 15) is 10.0 Å². The van der Waals surface area contributed by atoms with Gasteiger partial charge in [0.15, 0.2) is 0 Å². The Morgan fingerprint density at radius 2 is 1.19 bits per heavy atom.